The highest BCUT2D eigenvalue weighted by Gasteiger charge is 2.20. The van der Waals surface area contributed by atoms with E-state index in [-0.39, 0.29) is 5.41 Å². The maximum Gasteiger partial charge on any atom is 0.158 e. The Balaban J connectivity index is 2.90. The van der Waals surface area contributed by atoms with E-state index >= 15 is 0 Å². The van der Waals surface area contributed by atoms with E-state index in [0.29, 0.717) is 18.5 Å². The molecule has 0 fully saturated rings. The first-order valence-electron chi connectivity index (χ1n) is 7.24. The lowest BCUT2D eigenvalue weighted by Crippen LogP contribution is -2.31. The highest BCUT2D eigenvalue weighted by atomic mass is 16.5. The van der Waals surface area contributed by atoms with Gasteiger partial charge in [0, 0.05) is 25.8 Å². The van der Waals surface area contributed by atoms with Crippen LogP contribution in [0.4, 0.5) is 11.6 Å². The number of hydrogen-bond donors (Lipinski definition) is 2. The van der Waals surface area contributed by atoms with Crippen LogP contribution in [0.15, 0.2) is 6.07 Å². The van der Waals surface area contributed by atoms with Crippen LogP contribution in [-0.2, 0) is 11.3 Å². The standard InChI is InChI=1S/C15H28N4O/c1-7-8-16-12-9-13(17-11(2)15(3,4)5)19-14(18-12)10-20-6/h9,11H,7-8,10H2,1-6H3,(H2,16,17,18,19). The molecule has 0 saturated heterocycles. The van der Waals surface area contributed by atoms with Crippen molar-refractivity contribution in [3.63, 3.8) is 0 Å². The van der Waals surface area contributed by atoms with Crippen molar-refractivity contribution in [1.82, 2.24) is 9.97 Å². The van der Waals surface area contributed by atoms with Crippen LogP contribution >= 0.6 is 0 Å². The van der Waals surface area contributed by atoms with Gasteiger partial charge in [-0.1, -0.05) is 27.7 Å². The fraction of sp³-hybridized carbons (Fsp3) is 0.733. The molecule has 5 heteroatoms. The molecular weight excluding hydrogens is 252 g/mol. The minimum Gasteiger partial charge on any atom is -0.377 e. The van der Waals surface area contributed by atoms with E-state index in [1.807, 2.05) is 6.07 Å². The SMILES string of the molecule is CCCNc1cc(NC(C)C(C)(C)C)nc(COC)n1. The van der Waals surface area contributed by atoms with Gasteiger partial charge < -0.3 is 15.4 Å². The number of rotatable bonds is 7. The summed E-state index contributed by atoms with van der Waals surface area (Å²) in [6.45, 7) is 12.2. The van der Waals surface area contributed by atoms with Gasteiger partial charge in [-0.05, 0) is 18.8 Å². The largest absolute Gasteiger partial charge is 0.377 e. The molecule has 114 valence electrons. The van der Waals surface area contributed by atoms with Gasteiger partial charge in [-0.2, -0.15) is 0 Å². The maximum atomic E-state index is 5.13. The summed E-state index contributed by atoms with van der Waals surface area (Å²) in [4.78, 5) is 8.94. The Hall–Kier alpha value is -1.36. The average Bonchev–Trinajstić information content (AvgIpc) is 2.35. The zero-order valence-electron chi connectivity index (χ0n) is 13.6. The van der Waals surface area contributed by atoms with Crippen LogP contribution in [0.1, 0.15) is 46.9 Å². The number of hydrogen-bond acceptors (Lipinski definition) is 5. The van der Waals surface area contributed by atoms with E-state index in [4.69, 9.17) is 4.74 Å². The second-order valence-electron chi connectivity index (χ2n) is 6.15. The van der Waals surface area contributed by atoms with Crippen LogP contribution in [0.5, 0.6) is 0 Å². The first-order valence-corrected chi connectivity index (χ1v) is 7.24. The number of ether oxygens (including phenoxy) is 1. The summed E-state index contributed by atoms with van der Waals surface area (Å²) in [6.07, 6.45) is 1.06. The Kier molecular flexibility index (Phi) is 6.20. The number of nitrogens with one attached hydrogen (secondary N) is 2. The molecule has 0 radical (unpaired) electrons. The van der Waals surface area contributed by atoms with Gasteiger partial charge in [0.05, 0.1) is 0 Å². The first-order chi connectivity index (χ1) is 9.36. The molecule has 2 N–H and O–H groups in total. The summed E-state index contributed by atoms with van der Waals surface area (Å²) in [7, 11) is 1.65. The number of aromatic nitrogens is 2. The molecule has 1 unspecified atom stereocenters. The fourth-order valence-corrected chi connectivity index (χ4v) is 1.55. The molecule has 1 aromatic heterocycles. The lowest BCUT2D eigenvalue weighted by Gasteiger charge is -2.28. The van der Waals surface area contributed by atoms with Crippen molar-refractivity contribution >= 4 is 11.6 Å². The van der Waals surface area contributed by atoms with E-state index in [0.717, 1.165) is 24.6 Å². The molecule has 5 nitrogen and oxygen atoms in total. The molecule has 0 spiro atoms. The molecule has 0 bridgehead atoms. The van der Waals surface area contributed by atoms with E-state index in [9.17, 15) is 0 Å². The smallest absolute Gasteiger partial charge is 0.158 e. The molecule has 0 aliphatic rings. The summed E-state index contributed by atoms with van der Waals surface area (Å²) in [5.74, 6) is 2.38. The Morgan fingerprint density at radius 1 is 1.25 bits per heavy atom. The predicted octanol–water partition coefficient (Wildman–Crippen LogP) is 3.29. The minimum atomic E-state index is 0.170. The molecule has 0 aliphatic carbocycles. The molecule has 1 heterocycles. The third-order valence-corrected chi connectivity index (χ3v) is 3.27. The molecule has 0 aromatic carbocycles. The number of nitrogens with zero attached hydrogens (tertiary/aromatic N) is 2. The lowest BCUT2D eigenvalue weighted by atomic mass is 9.88. The highest BCUT2D eigenvalue weighted by molar-refractivity contribution is 5.48. The lowest BCUT2D eigenvalue weighted by molar-refractivity contribution is 0.178. The second kappa shape index (κ2) is 7.43. The first kappa shape index (κ1) is 16.7. The van der Waals surface area contributed by atoms with Gasteiger partial charge in [0.1, 0.15) is 18.2 Å². The maximum absolute atomic E-state index is 5.13. The van der Waals surface area contributed by atoms with Gasteiger partial charge in [-0.25, -0.2) is 9.97 Å². The molecule has 1 rings (SSSR count). The molecule has 0 amide bonds. The van der Waals surface area contributed by atoms with Crippen LogP contribution in [0.2, 0.25) is 0 Å². The van der Waals surface area contributed by atoms with Crippen LogP contribution in [0, 0.1) is 5.41 Å². The zero-order chi connectivity index (χ0) is 15.2. The number of anilines is 2. The van der Waals surface area contributed by atoms with Gasteiger partial charge in [-0.3, -0.25) is 0 Å². The molecule has 0 saturated carbocycles. The molecule has 20 heavy (non-hydrogen) atoms. The Labute approximate surface area is 122 Å². The van der Waals surface area contributed by atoms with E-state index < -0.39 is 0 Å². The van der Waals surface area contributed by atoms with Gasteiger partial charge >= 0.3 is 0 Å². The van der Waals surface area contributed by atoms with Crippen molar-refractivity contribution in [3.8, 4) is 0 Å². The Bertz CT molecular complexity index is 415. The minimum absolute atomic E-state index is 0.170. The predicted molar refractivity (Wildman–Crippen MR) is 84.1 cm³/mol. The van der Waals surface area contributed by atoms with Crippen molar-refractivity contribution in [2.45, 2.75) is 53.7 Å². The summed E-state index contributed by atoms with van der Waals surface area (Å²) in [5, 5.41) is 6.75. The Morgan fingerprint density at radius 3 is 2.45 bits per heavy atom. The third-order valence-electron chi connectivity index (χ3n) is 3.27. The Morgan fingerprint density at radius 2 is 1.90 bits per heavy atom. The van der Waals surface area contributed by atoms with E-state index in [2.05, 4.69) is 55.2 Å². The monoisotopic (exact) mass is 280 g/mol. The summed E-state index contributed by atoms with van der Waals surface area (Å²) < 4.78 is 5.13. The molecule has 0 aliphatic heterocycles. The average molecular weight is 280 g/mol. The van der Waals surface area contributed by atoms with Gasteiger partial charge in [0.15, 0.2) is 5.82 Å². The van der Waals surface area contributed by atoms with Crippen LogP contribution in [0.25, 0.3) is 0 Å². The van der Waals surface area contributed by atoms with Crippen LogP contribution in [-0.4, -0.2) is 29.7 Å². The normalized spacial score (nSPS) is 13.1. The van der Waals surface area contributed by atoms with E-state index in [1.54, 1.807) is 7.11 Å². The van der Waals surface area contributed by atoms with Crippen LogP contribution < -0.4 is 10.6 Å². The molecular formula is C15H28N4O. The highest BCUT2D eigenvalue weighted by Crippen LogP contribution is 2.23. The summed E-state index contributed by atoms with van der Waals surface area (Å²) in [5.41, 5.74) is 0.170. The quantitative estimate of drug-likeness (QED) is 0.802. The van der Waals surface area contributed by atoms with E-state index in [1.165, 1.54) is 0 Å². The van der Waals surface area contributed by atoms with Gasteiger partial charge in [0.2, 0.25) is 0 Å². The molecule has 1 aromatic rings. The topological polar surface area (TPSA) is 59.1 Å². The fourth-order valence-electron chi connectivity index (χ4n) is 1.55. The van der Waals surface area contributed by atoms with Crippen molar-refractivity contribution in [2.24, 2.45) is 5.41 Å². The molecule has 1 atom stereocenters. The summed E-state index contributed by atoms with van der Waals surface area (Å²) in [6, 6.07) is 2.27. The zero-order valence-corrected chi connectivity index (χ0v) is 13.6. The number of methoxy groups -OCH3 is 1. The van der Waals surface area contributed by atoms with Gasteiger partial charge in [0.25, 0.3) is 0 Å². The summed E-state index contributed by atoms with van der Waals surface area (Å²) >= 11 is 0. The van der Waals surface area contributed by atoms with Crippen LogP contribution in [0.3, 0.4) is 0 Å². The second-order valence-corrected chi connectivity index (χ2v) is 6.15. The van der Waals surface area contributed by atoms with Crippen molar-refractivity contribution in [2.75, 3.05) is 24.3 Å². The van der Waals surface area contributed by atoms with Crippen molar-refractivity contribution in [1.29, 1.82) is 0 Å². The van der Waals surface area contributed by atoms with Crippen molar-refractivity contribution in [3.05, 3.63) is 11.9 Å². The third kappa shape index (κ3) is 5.33. The van der Waals surface area contributed by atoms with Gasteiger partial charge in [-0.15, -0.1) is 0 Å². The van der Waals surface area contributed by atoms with Crippen molar-refractivity contribution < 1.29 is 4.74 Å².